The molecule has 0 atom stereocenters. The molecule has 7 nitrogen and oxygen atoms in total. The average molecular weight is 409 g/mol. The van der Waals surface area contributed by atoms with Gasteiger partial charge in [-0.3, -0.25) is 0 Å². The van der Waals surface area contributed by atoms with Crippen LogP contribution < -0.4 is 9.47 Å². The Labute approximate surface area is 162 Å². The monoisotopic (exact) mass is 409 g/mol. The zero-order valence-corrected chi connectivity index (χ0v) is 16.3. The predicted molar refractivity (Wildman–Crippen MR) is 98.2 cm³/mol. The molecule has 0 saturated carbocycles. The van der Waals surface area contributed by atoms with E-state index in [1.54, 1.807) is 32.0 Å². The highest BCUT2D eigenvalue weighted by atomic mass is 32.2. The third kappa shape index (κ3) is 3.95. The molecule has 2 aromatic rings. The lowest BCUT2D eigenvalue weighted by molar-refractivity contribution is 0.0466. The van der Waals surface area contributed by atoms with Crippen molar-refractivity contribution in [3.05, 3.63) is 53.3 Å². The number of sulfonamides is 1. The quantitative estimate of drug-likeness (QED) is 0.654. The lowest BCUT2D eigenvalue weighted by atomic mass is 10.2. The van der Waals surface area contributed by atoms with Gasteiger partial charge in [0.15, 0.2) is 11.5 Å². The van der Waals surface area contributed by atoms with Gasteiger partial charge in [-0.2, -0.15) is 4.31 Å². The van der Waals surface area contributed by atoms with Crippen LogP contribution in [0.25, 0.3) is 0 Å². The maximum atomic E-state index is 14.1. The second-order valence-corrected chi connectivity index (χ2v) is 7.93. The van der Waals surface area contributed by atoms with Crippen molar-refractivity contribution in [2.45, 2.75) is 25.3 Å². The summed E-state index contributed by atoms with van der Waals surface area (Å²) in [5.74, 6) is -0.677. The number of fused-ring (bicyclic) bond motifs is 1. The minimum atomic E-state index is -3.82. The number of benzene rings is 2. The molecule has 0 fully saturated rings. The van der Waals surface area contributed by atoms with Crippen molar-refractivity contribution >= 4 is 16.0 Å². The van der Waals surface area contributed by atoms with Crippen LogP contribution in [0.2, 0.25) is 0 Å². The predicted octanol–water partition coefficient (Wildman–Crippen LogP) is 2.94. The molecular weight excluding hydrogens is 389 g/mol. The molecule has 0 unspecified atom stereocenters. The summed E-state index contributed by atoms with van der Waals surface area (Å²) in [6.45, 7) is 3.93. The van der Waals surface area contributed by atoms with E-state index in [1.807, 2.05) is 0 Å². The molecule has 0 N–H and O–H groups in total. The van der Waals surface area contributed by atoms with Crippen LogP contribution in [-0.4, -0.2) is 38.6 Å². The molecule has 0 aliphatic carbocycles. The zero-order valence-electron chi connectivity index (χ0n) is 15.5. The van der Waals surface area contributed by atoms with Crippen molar-refractivity contribution in [1.82, 2.24) is 4.31 Å². The number of nitrogens with zero attached hydrogens (tertiary/aromatic N) is 1. The Hall–Kier alpha value is -2.65. The summed E-state index contributed by atoms with van der Waals surface area (Å²) < 4.78 is 56.2. The normalized spacial score (nSPS) is 13.0. The van der Waals surface area contributed by atoms with Crippen molar-refractivity contribution in [3.8, 4) is 11.5 Å². The Morgan fingerprint density at radius 3 is 2.54 bits per heavy atom. The van der Waals surface area contributed by atoms with Crippen molar-refractivity contribution < 1.29 is 31.8 Å². The van der Waals surface area contributed by atoms with Gasteiger partial charge in [-0.15, -0.1) is 0 Å². The van der Waals surface area contributed by atoms with Gasteiger partial charge in [0.1, 0.15) is 12.4 Å². The molecule has 0 bridgehead atoms. The maximum Gasteiger partial charge on any atom is 0.341 e. The minimum absolute atomic E-state index is 0.123. The lowest BCUT2D eigenvalue weighted by Gasteiger charge is -2.18. The van der Waals surface area contributed by atoms with Crippen molar-refractivity contribution in [3.63, 3.8) is 0 Å². The number of hydrogen-bond donors (Lipinski definition) is 0. The number of hydrogen-bond acceptors (Lipinski definition) is 6. The number of rotatable bonds is 7. The standard InChI is InChI=1S/C19H20FNO6S/c1-3-21(4-2)28(23,24)14-6-7-16(20)15(10-14)19(22)25-11-13-5-8-17-18(9-13)27-12-26-17/h5-10H,3-4,11-12H2,1-2H3. The number of halogens is 1. The highest BCUT2D eigenvalue weighted by molar-refractivity contribution is 7.89. The van der Waals surface area contributed by atoms with Crippen LogP contribution in [0.5, 0.6) is 11.5 Å². The third-order valence-electron chi connectivity index (χ3n) is 4.31. The molecule has 2 aromatic carbocycles. The van der Waals surface area contributed by atoms with Crippen LogP contribution in [0.1, 0.15) is 29.8 Å². The molecular formula is C19H20FNO6S. The Bertz CT molecular complexity index is 988. The van der Waals surface area contributed by atoms with Crippen molar-refractivity contribution in [2.75, 3.05) is 19.9 Å². The topological polar surface area (TPSA) is 82.1 Å². The molecule has 0 spiro atoms. The SMILES string of the molecule is CCN(CC)S(=O)(=O)c1ccc(F)c(C(=O)OCc2ccc3c(c2)OCO3)c1. The summed E-state index contributed by atoms with van der Waals surface area (Å²) >= 11 is 0. The number of ether oxygens (including phenoxy) is 3. The van der Waals surface area contributed by atoms with Gasteiger partial charge in [0.25, 0.3) is 0 Å². The summed E-state index contributed by atoms with van der Waals surface area (Å²) in [6.07, 6.45) is 0. The highest BCUT2D eigenvalue weighted by Crippen LogP contribution is 2.32. The molecule has 0 aromatic heterocycles. The van der Waals surface area contributed by atoms with Crippen molar-refractivity contribution in [2.24, 2.45) is 0 Å². The first-order valence-electron chi connectivity index (χ1n) is 8.72. The Morgan fingerprint density at radius 2 is 1.82 bits per heavy atom. The fourth-order valence-corrected chi connectivity index (χ4v) is 4.28. The number of esters is 1. The van der Waals surface area contributed by atoms with E-state index in [-0.39, 0.29) is 31.4 Å². The number of carbonyl (C=O) groups is 1. The molecule has 9 heteroatoms. The van der Waals surface area contributed by atoms with E-state index in [2.05, 4.69) is 0 Å². The summed E-state index contributed by atoms with van der Waals surface area (Å²) in [6, 6.07) is 8.13. The van der Waals surface area contributed by atoms with E-state index in [9.17, 15) is 17.6 Å². The molecule has 0 amide bonds. The van der Waals surface area contributed by atoms with Crippen LogP contribution in [0.15, 0.2) is 41.3 Å². The largest absolute Gasteiger partial charge is 0.457 e. The van der Waals surface area contributed by atoms with Crippen LogP contribution in [-0.2, 0) is 21.4 Å². The van der Waals surface area contributed by atoms with Gasteiger partial charge in [-0.05, 0) is 35.9 Å². The van der Waals surface area contributed by atoms with Crippen LogP contribution in [0.3, 0.4) is 0 Å². The molecule has 150 valence electrons. The van der Waals surface area contributed by atoms with Crippen LogP contribution >= 0.6 is 0 Å². The molecule has 1 aliphatic rings. The Kier molecular flexibility index (Phi) is 5.85. The molecule has 28 heavy (non-hydrogen) atoms. The van der Waals surface area contributed by atoms with Gasteiger partial charge in [0.2, 0.25) is 16.8 Å². The second-order valence-electron chi connectivity index (χ2n) is 5.99. The van der Waals surface area contributed by atoms with E-state index in [0.29, 0.717) is 17.1 Å². The van der Waals surface area contributed by atoms with Gasteiger partial charge in [0, 0.05) is 13.1 Å². The lowest BCUT2D eigenvalue weighted by Crippen LogP contribution is -2.30. The van der Waals surface area contributed by atoms with E-state index >= 15 is 0 Å². The Morgan fingerprint density at radius 1 is 1.11 bits per heavy atom. The summed E-state index contributed by atoms with van der Waals surface area (Å²) in [4.78, 5) is 12.2. The molecule has 1 aliphatic heterocycles. The summed E-state index contributed by atoms with van der Waals surface area (Å²) in [5.41, 5.74) is 0.193. The van der Waals surface area contributed by atoms with Gasteiger partial charge >= 0.3 is 5.97 Å². The second kappa shape index (κ2) is 8.15. The van der Waals surface area contributed by atoms with E-state index in [1.165, 1.54) is 4.31 Å². The van der Waals surface area contributed by atoms with E-state index in [4.69, 9.17) is 14.2 Å². The highest BCUT2D eigenvalue weighted by Gasteiger charge is 2.25. The molecule has 0 radical (unpaired) electrons. The fourth-order valence-electron chi connectivity index (χ4n) is 2.79. The Balaban J connectivity index is 1.78. The fraction of sp³-hybridized carbons (Fsp3) is 0.316. The van der Waals surface area contributed by atoms with Gasteiger partial charge in [-0.25, -0.2) is 17.6 Å². The minimum Gasteiger partial charge on any atom is -0.457 e. The first-order valence-corrected chi connectivity index (χ1v) is 10.2. The smallest absolute Gasteiger partial charge is 0.341 e. The maximum absolute atomic E-state index is 14.1. The molecule has 3 rings (SSSR count). The van der Waals surface area contributed by atoms with Gasteiger partial charge < -0.3 is 14.2 Å². The van der Waals surface area contributed by atoms with Gasteiger partial charge in [0.05, 0.1) is 10.5 Å². The van der Waals surface area contributed by atoms with Crippen LogP contribution in [0, 0.1) is 5.82 Å². The van der Waals surface area contributed by atoms with Gasteiger partial charge in [-0.1, -0.05) is 19.9 Å². The zero-order chi connectivity index (χ0) is 20.3. The number of carbonyl (C=O) groups excluding carboxylic acids is 1. The first kappa shape index (κ1) is 20.1. The van der Waals surface area contributed by atoms with E-state index in [0.717, 1.165) is 18.2 Å². The third-order valence-corrected chi connectivity index (χ3v) is 6.35. The van der Waals surface area contributed by atoms with Crippen molar-refractivity contribution in [1.29, 1.82) is 0 Å². The molecule has 0 saturated heterocycles. The summed E-state index contributed by atoms with van der Waals surface area (Å²) in [7, 11) is -3.82. The molecule has 1 heterocycles. The average Bonchev–Trinajstić information content (AvgIpc) is 3.15. The van der Waals surface area contributed by atoms with E-state index < -0.39 is 27.4 Å². The van der Waals surface area contributed by atoms with Crippen LogP contribution in [0.4, 0.5) is 4.39 Å². The first-order chi connectivity index (χ1) is 13.4. The summed E-state index contributed by atoms with van der Waals surface area (Å²) in [5, 5.41) is 0.